The van der Waals surface area contributed by atoms with Gasteiger partial charge in [-0.05, 0) is 25.5 Å². The van der Waals surface area contributed by atoms with Crippen LogP contribution in [0.5, 0.6) is 0 Å². The molecule has 0 radical (unpaired) electrons. The minimum atomic E-state index is 0.545. The zero-order valence-electron chi connectivity index (χ0n) is 8.86. The van der Waals surface area contributed by atoms with Crippen LogP contribution in [0.15, 0.2) is 18.3 Å². The highest BCUT2D eigenvalue weighted by Crippen LogP contribution is 2.15. The van der Waals surface area contributed by atoms with Crippen LogP contribution in [0.4, 0.5) is 0 Å². The van der Waals surface area contributed by atoms with Gasteiger partial charge in [0.15, 0.2) is 5.65 Å². The summed E-state index contributed by atoms with van der Waals surface area (Å²) in [4.78, 5) is 0. The Balaban J connectivity index is 1.91. The van der Waals surface area contributed by atoms with Gasteiger partial charge in [-0.25, -0.2) is 0 Å². The fourth-order valence-electron chi connectivity index (χ4n) is 2.21. The molecule has 5 heteroatoms. The Kier molecular flexibility index (Phi) is 2.53. The molecule has 1 aliphatic heterocycles. The van der Waals surface area contributed by atoms with Gasteiger partial charge in [-0.3, -0.25) is 4.40 Å². The van der Waals surface area contributed by atoms with Gasteiger partial charge < -0.3 is 5.32 Å². The predicted molar refractivity (Wildman–Crippen MR) is 62.7 cm³/mol. The molecule has 1 aliphatic rings. The van der Waals surface area contributed by atoms with Crippen LogP contribution in [0, 0.1) is 0 Å². The monoisotopic (exact) mass is 236 g/mol. The molecule has 2 aromatic heterocycles. The van der Waals surface area contributed by atoms with Crippen molar-refractivity contribution in [1.29, 1.82) is 0 Å². The van der Waals surface area contributed by atoms with E-state index in [1.807, 2.05) is 22.7 Å². The number of nitrogens with zero attached hydrogens (tertiary/aromatic N) is 3. The van der Waals surface area contributed by atoms with E-state index in [1.54, 1.807) is 0 Å². The van der Waals surface area contributed by atoms with Gasteiger partial charge in [0.2, 0.25) is 0 Å². The maximum absolute atomic E-state index is 5.90. The van der Waals surface area contributed by atoms with Crippen LogP contribution in [0.25, 0.3) is 5.65 Å². The van der Waals surface area contributed by atoms with Crippen LogP contribution in [0.2, 0.25) is 5.02 Å². The molecule has 16 heavy (non-hydrogen) atoms. The summed E-state index contributed by atoms with van der Waals surface area (Å²) in [5.41, 5.74) is 0.820. The van der Waals surface area contributed by atoms with E-state index in [2.05, 4.69) is 15.5 Å². The number of rotatable bonds is 2. The van der Waals surface area contributed by atoms with Gasteiger partial charge in [0.25, 0.3) is 0 Å². The average molecular weight is 237 g/mol. The molecule has 0 bridgehead atoms. The number of fused-ring (bicyclic) bond motifs is 1. The highest BCUT2D eigenvalue weighted by Gasteiger charge is 2.17. The molecule has 1 unspecified atom stereocenters. The molecule has 0 amide bonds. The van der Waals surface area contributed by atoms with Gasteiger partial charge in [-0.15, -0.1) is 10.2 Å². The van der Waals surface area contributed by atoms with E-state index < -0.39 is 0 Å². The molecule has 1 fully saturated rings. The molecule has 4 nitrogen and oxygen atoms in total. The second-order valence-electron chi connectivity index (χ2n) is 4.19. The molecule has 3 heterocycles. The molecule has 0 aromatic carbocycles. The lowest BCUT2D eigenvalue weighted by molar-refractivity contribution is 0.582. The van der Waals surface area contributed by atoms with Crippen LogP contribution in [0.3, 0.4) is 0 Å². The van der Waals surface area contributed by atoms with Crippen molar-refractivity contribution < 1.29 is 0 Å². The summed E-state index contributed by atoms with van der Waals surface area (Å²) in [6.45, 7) is 1.12. The Morgan fingerprint density at radius 3 is 3.25 bits per heavy atom. The zero-order valence-corrected chi connectivity index (χ0v) is 9.61. The average Bonchev–Trinajstić information content (AvgIpc) is 2.89. The van der Waals surface area contributed by atoms with Crippen molar-refractivity contribution in [2.45, 2.75) is 25.3 Å². The third-order valence-electron chi connectivity index (χ3n) is 3.03. The Bertz CT molecular complexity index is 502. The Morgan fingerprint density at radius 1 is 1.50 bits per heavy atom. The summed E-state index contributed by atoms with van der Waals surface area (Å²) in [5, 5.41) is 12.5. The number of nitrogens with one attached hydrogen (secondary N) is 1. The summed E-state index contributed by atoms with van der Waals surface area (Å²) in [7, 11) is 0. The van der Waals surface area contributed by atoms with Gasteiger partial charge in [0, 0.05) is 29.7 Å². The lowest BCUT2D eigenvalue weighted by Gasteiger charge is -2.07. The van der Waals surface area contributed by atoms with Crippen molar-refractivity contribution in [3.63, 3.8) is 0 Å². The standard InChI is InChI=1S/C11H13ClN4/c12-8-3-5-16-10(6-8)14-15-11(16)7-9-2-1-4-13-9/h3,5-6,9,13H,1-2,4,7H2. The smallest absolute Gasteiger partial charge is 0.162 e. The van der Waals surface area contributed by atoms with Crippen molar-refractivity contribution in [3.05, 3.63) is 29.2 Å². The van der Waals surface area contributed by atoms with Crippen molar-refractivity contribution in [3.8, 4) is 0 Å². The van der Waals surface area contributed by atoms with E-state index in [1.165, 1.54) is 12.8 Å². The molecule has 0 aliphatic carbocycles. The molecular weight excluding hydrogens is 224 g/mol. The quantitative estimate of drug-likeness (QED) is 0.863. The molecule has 84 valence electrons. The molecule has 0 spiro atoms. The summed E-state index contributed by atoms with van der Waals surface area (Å²) in [5.74, 6) is 1.01. The van der Waals surface area contributed by atoms with Gasteiger partial charge in [0.1, 0.15) is 5.82 Å². The van der Waals surface area contributed by atoms with Crippen LogP contribution in [0.1, 0.15) is 18.7 Å². The third kappa shape index (κ3) is 1.79. The van der Waals surface area contributed by atoms with Crippen molar-refractivity contribution >= 4 is 17.2 Å². The Morgan fingerprint density at radius 2 is 2.44 bits per heavy atom. The van der Waals surface area contributed by atoms with Crippen molar-refractivity contribution in [1.82, 2.24) is 19.9 Å². The van der Waals surface area contributed by atoms with E-state index in [-0.39, 0.29) is 0 Å². The molecule has 1 N–H and O–H groups in total. The normalized spacial score (nSPS) is 20.7. The maximum Gasteiger partial charge on any atom is 0.162 e. The van der Waals surface area contributed by atoms with Crippen LogP contribution >= 0.6 is 11.6 Å². The third-order valence-corrected chi connectivity index (χ3v) is 3.27. The maximum atomic E-state index is 5.90. The molecule has 3 rings (SSSR count). The first kappa shape index (κ1) is 10.1. The zero-order chi connectivity index (χ0) is 11.0. The van der Waals surface area contributed by atoms with Gasteiger partial charge in [-0.1, -0.05) is 11.6 Å². The van der Waals surface area contributed by atoms with Crippen molar-refractivity contribution in [2.75, 3.05) is 6.54 Å². The topological polar surface area (TPSA) is 42.2 Å². The highest BCUT2D eigenvalue weighted by atomic mass is 35.5. The minimum absolute atomic E-state index is 0.545. The van der Waals surface area contributed by atoms with E-state index in [4.69, 9.17) is 11.6 Å². The van der Waals surface area contributed by atoms with E-state index in [0.717, 1.165) is 24.4 Å². The fourth-order valence-corrected chi connectivity index (χ4v) is 2.36. The van der Waals surface area contributed by atoms with Crippen molar-refractivity contribution in [2.24, 2.45) is 0 Å². The SMILES string of the molecule is Clc1ccn2c(CC3CCCN3)nnc2c1. The highest BCUT2D eigenvalue weighted by molar-refractivity contribution is 6.30. The molecule has 0 saturated carbocycles. The van der Waals surface area contributed by atoms with Gasteiger partial charge >= 0.3 is 0 Å². The minimum Gasteiger partial charge on any atom is -0.314 e. The number of pyridine rings is 1. The Hall–Kier alpha value is -1.13. The fraction of sp³-hybridized carbons (Fsp3) is 0.455. The summed E-state index contributed by atoms with van der Waals surface area (Å²) in [6.07, 6.45) is 5.35. The van der Waals surface area contributed by atoms with Crippen LogP contribution < -0.4 is 5.32 Å². The van der Waals surface area contributed by atoms with Crippen LogP contribution in [-0.4, -0.2) is 27.2 Å². The van der Waals surface area contributed by atoms with E-state index in [9.17, 15) is 0 Å². The first-order valence-corrected chi connectivity index (χ1v) is 5.93. The lowest BCUT2D eigenvalue weighted by atomic mass is 10.1. The predicted octanol–water partition coefficient (Wildman–Crippen LogP) is 1.68. The van der Waals surface area contributed by atoms with E-state index in [0.29, 0.717) is 11.1 Å². The van der Waals surface area contributed by atoms with Gasteiger partial charge in [-0.2, -0.15) is 0 Å². The molecular formula is C11H13ClN4. The molecule has 2 aromatic rings. The molecule has 1 saturated heterocycles. The Labute approximate surface area is 98.6 Å². The largest absolute Gasteiger partial charge is 0.314 e. The number of aromatic nitrogens is 3. The van der Waals surface area contributed by atoms with Crippen LogP contribution in [-0.2, 0) is 6.42 Å². The summed E-state index contributed by atoms with van der Waals surface area (Å²) < 4.78 is 2.01. The summed E-state index contributed by atoms with van der Waals surface area (Å²) in [6, 6.07) is 4.24. The lowest BCUT2D eigenvalue weighted by Crippen LogP contribution is -2.24. The first-order chi connectivity index (χ1) is 7.83. The number of hydrogen-bond donors (Lipinski definition) is 1. The number of halogens is 1. The first-order valence-electron chi connectivity index (χ1n) is 5.55. The summed E-state index contributed by atoms with van der Waals surface area (Å²) >= 11 is 5.90. The second-order valence-corrected chi connectivity index (χ2v) is 4.62. The molecule has 1 atom stereocenters. The number of hydrogen-bond acceptors (Lipinski definition) is 3. The van der Waals surface area contributed by atoms with Gasteiger partial charge in [0.05, 0.1) is 0 Å². The van der Waals surface area contributed by atoms with E-state index >= 15 is 0 Å². The second kappa shape index (κ2) is 4.03.